The Balaban J connectivity index is 1.64. The predicted octanol–water partition coefficient (Wildman–Crippen LogP) is 1.08. The van der Waals surface area contributed by atoms with Gasteiger partial charge in [-0.3, -0.25) is 14.4 Å². The van der Waals surface area contributed by atoms with Crippen molar-refractivity contribution in [2.24, 2.45) is 23.7 Å². The van der Waals surface area contributed by atoms with Gasteiger partial charge in [0.25, 0.3) is 0 Å². The molecule has 2 aliphatic carbocycles. The summed E-state index contributed by atoms with van der Waals surface area (Å²) >= 11 is 0. The number of carbonyl (C=O) groups is 4. The Morgan fingerprint density at radius 2 is 2.04 bits per heavy atom. The van der Waals surface area contributed by atoms with Gasteiger partial charge in [0, 0.05) is 17.4 Å². The third-order valence-electron chi connectivity index (χ3n) is 5.57. The molecular formula is C18H22O8. The number of rotatable bonds is 7. The zero-order valence-electron chi connectivity index (χ0n) is 14.7. The molecule has 1 saturated heterocycles. The summed E-state index contributed by atoms with van der Waals surface area (Å²) in [4.78, 5) is 47.4. The van der Waals surface area contributed by atoms with Crippen LogP contribution in [0.3, 0.4) is 0 Å². The summed E-state index contributed by atoms with van der Waals surface area (Å²) in [6.45, 7) is 6.78. The molecule has 8 nitrogen and oxygen atoms in total. The van der Waals surface area contributed by atoms with Crippen molar-refractivity contribution >= 4 is 23.9 Å². The molecule has 3 rings (SSSR count). The van der Waals surface area contributed by atoms with Crippen molar-refractivity contribution in [2.75, 3.05) is 0 Å². The lowest BCUT2D eigenvalue weighted by molar-refractivity contribution is -0.168. The second-order valence-corrected chi connectivity index (χ2v) is 7.23. The van der Waals surface area contributed by atoms with Gasteiger partial charge in [-0.2, -0.15) is 0 Å². The molecule has 0 aromatic heterocycles. The lowest BCUT2D eigenvalue weighted by Gasteiger charge is -2.29. The number of hydrogen-bond donors (Lipinski definition) is 1. The number of aliphatic carboxylic acids is 1. The van der Waals surface area contributed by atoms with E-state index in [1.165, 1.54) is 6.92 Å². The maximum atomic E-state index is 12.3. The van der Waals surface area contributed by atoms with Crippen molar-refractivity contribution < 1.29 is 38.5 Å². The van der Waals surface area contributed by atoms with Crippen LogP contribution in [0.15, 0.2) is 12.2 Å². The van der Waals surface area contributed by atoms with E-state index in [0.29, 0.717) is 12.8 Å². The van der Waals surface area contributed by atoms with E-state index in [2.05, 4.69) is 6.58 Å². The molecule has 142 valence electrons. The van der Waals surface area contributed by atoms with Gasteiger partial charge < -0.3 is 19.3 Å². The quantitative estimate of drug-likeness (QED) is 0.404. The highest BCUT2D eigenvalue weighted by Crippen LogP contribution is 2.58. The summed E-state index contributed by atoms with van der Waals surface area (Å²) in [5.74, 6) is -4.94. The van der Waals surface area contributed by atoms with E-state index in [0.717, 1.165) is 0 Å². The third-order valence-corrected chi connectivity index (χ3v) is 5.57. The van der Waals surface area contributed by atoms with Gasteiger partial charge >= 0.3 is 23.9 Å². The summed E-state index contributed by atoms with van der Waals surface area (Å²) in [7, 11) is 0. The number of carboxylic acids is 1. The van der Waals surface area contributed by atoms with Crippen molar-refractivity contribution in [2.45, 2.75) is 51.4 Å². The molecule has 0 amide bonds. The van der Waals surface area contributed by atoms with Crippen LogP contribution in [-0.2, 0) is 33.4 Å². The second-order valence-electron chi connectivity index (χ2n) is 7.23. The topological polar surface area (TPSA) is 116 Å². The Morgan fingerprint density at radius 3 is 2.62 bits per heavy atom. The molecule has 8 heteroatoms. The standard InChI is InChI=1S/C18H22O8/c1-4-8(24-17(22)7(2)3)5-11(19)25-14-9-6-10-13(12(9)16(20)21)18(23)26-15(10)14/h8-10,12-15H,2,4-6H2,1,3H3,(H,20,21). The molecule has 7 atom stereocenters. The van der Waals surface area contributed by atoms with Crippen LogP contribution in [0, 0.1) is 23.7 Å². The fourth-order valence-corrected chi connectivity index (χ4v) is 4.39. The number of carbonyl (C=O) groups excluding carboxylic acids is 3. The van der Waals surface area contributed by atoms with E-state index in [4.69, 9.17) is 14.2 Å². The van der Waals surface area contributed by atoms with Gasteiger partial charge in [-0.1, -0.05) is 13.5 Å². The van der Waals surface area contributed by atoms with Crippen molar-refractivity contribution in [1.82, 2.24) is 0 Å². The Kier molecular flexibility index (Phi) is 4.77. The minimum Gasteiger partial charge on any atom is -0.481 e. The molecule has 3 fully saturated rings. The van der Waals surface area contributed by atoms with Crippen LogP contribution >= 0.6 is 0 Å². The van der Waals surface area contributed by atoms with Crippen LogP contribution in [0.25, 0.3) is 0 Å². The van der Waals surface area contributed by atoms with Crippen molar-refractivity contribution in [3.8, 4) is 0 Å². The lowest BCUT2D eigenvalue weighted by atomic mass is 9.78. The van der Waals surface area contributed by atoms with Crippen LogP contribution in [0.4, 0.5) is 0 Å². The molecule has 1 aliphatic heterocycles. The largest absolute Gasteiger partial charge is 0.481 e. The predicted molar refractivity (Wildman–Crippen MR) is 85.6 cm³/mol. The molecule has 3 aliphatic rings. The average molecular weight is 366 g/mol. The first-order valence-electron chi connectivity index (χ1n) is 8.73. The molecule has 0 radical (unpaired) electrons. The van der Waals surface area contributed by atoms with Gasteiger partial charge in [0.2, 0.25) is 0 Å². The van der Waals surface area contributed by atoms with Gasteiger partial charge in [-0.25, -0.2) is 4.79 Å². The van der Waals surface area contributed by atoms with Crippen molar-refractivity contribution in [3.63, 3.8) is 0 Å². The molecule has 2 saturated carbocycles. The van der Waals surface area contributed by atoms with Gasteiger partial charge in [0.1, 0.15) is 18.3 Å². The molecule has 2 bridgehead atoms. The number of hydrogen-bond acceptors (Lipinski definition) is 7. The molecule has 7 unspecified atom stereocenters. The van der Waals surface area contributed by atoms with Crippen LogP contribution in [0.2, 0.25) is 0 Å². The van der Waals surface area contributed by atoms with Gasteiger partial charge in [0.15, 0.2) is 0 Å². The van der Waals surface area contributed by atoms with Gasteiger partial charge in [-0.05, 0) is 19.8 Å². The summed E-state index contributed by atoms with van der Waals surface area (Å²) in [5.41, 5.74) is 0.234. The fraction of sp³-hybridized carbons (Fsp3) is 0.667. The van der Waals surface area contributed by atoms with Crippen LogP contribution in [-0.4, -0.2) is 47.3 Å². The monoisotopic (exact) mass is 366 g/mol. The fourth-order valence-electron chi connectivity index (χ4n) is 4.39. The Hall–Kier alpha value is -2.38. The number of fused-ring (bicyclic) bond motifs is 1. The number of ether oxygens (including phenoxy) is 3. The minimum absolute atomic E-state index is 0.148. The van der Waals surface area contributed by atoms with E-state index in [-0.39, 0.29) is 17.9 Å². The first-order chi connectivity index (χ1) is 12.2. The zero-order chi connectivity index (χ0) is 19.2. The van der Waals surface area contributed by atoms with E-state index >= 15 is 0 Å². The maximum absolute atomic E-state index is 12.3. The zero-order valence-corrected chi connectivity index (χ0v) is 14.7. The second kappa shape index (κ2) is 6.74. The molecule has 0 spiro atoms. The summed E-state index contributed by atoms with van der Waals surface area (Å²) in [6.07, 6.45) is -1.22. The lowest BCUT2D eigenvalue weighted by Crippen LogP contribution is -2.43. The highest BCUT2D eigenvalue weighted by Gasteiger charge is 2.69. The maximum Gasteiger partial charge on any atom is 0.333 e. The van der Waals surface area contributed by atoms with Gasteiger partial charge in [0.05, 0.1) is 18.3 Å². The van der Waals surface area contributed by atoms with Crippen LogP contribution in [0.5, 0.6) is 0 Å². The highest BCUT2D eigenvalue weighted by molar-refractivity contribution is 5.87. The summed E-state index contributed by atoms with van der Waals surface area (Å²) < 4.78 is 15.9. The molecule has 0 aromatic rings. The molecule has 0 aromatic carbocycles. The average Bonchev–Trinajstić information content (AvgIpc) is 3.17. The highest BCUT2D eigenvalue weighted by atomic mass is 16.6. The SMILES string of the molecule is C=C(C)C(=O)OC(CC)CC(=O)OC1C2CC3C1OC(=O)C3C2C(=O)O. The van der Waals surface area contributed by atoms with Crippen molar-refractivity contribution in [3.05, 3.63) is 12.2 Å². The van der Waals surface area contributed by atoms with E-state index in [9.17, 15) is 24.3 Å². The first-order valence-corrected chi connectivity index (χ1v) is 8.73. The summed E-state index contributed by atoms with van der Waals surface area (Å²) in [5, 5.41) is 9.45. The van der Waals surface area contributed by atoms with E-state index in [1.54, 1.807) is 6.92 Å². The number of carboxylic acid groups (broad SMARTS) is 1. The summed E-state index contributed by atoms with van der Waals surface area (Å²) in [6, 6.07) is 0. The Labute approximate surface area is 150 Å². The van der Waals surface area contributed by atoms with E-state index < -0.39 is 59.9 Å². The third kappa shape index (κ3) is 2.97. The number of esters is 3. The molecule has 1 heterocycles. The Bertz CT molecular complexity index is 668. The molecular weight excluding hydrogens is 344 g/mol. The molecule has 26 heavy (non-hydrogen) atoms. The van der Waals surface area contributed by atoms with E-state index in [1.807, 2.05) is 0 Å². The van der Waals surface area contributed by atoms with Crippen LogP contribution in [0.1, 0.15) is 33.1 Å². The minimum atomic E-state index is -1.07. The smallest absolute Gasteiger partial charge is 0.333 e. The van der Waals surface area contributed by atoms with Crippen LogP contribution < -0.4 is 0 Å². The normalized spacial score (nSPS) is 34.9. The van der Waals surface area contributed by atoms with Gasteiger partial charge in [-0.15, -0.1) is 0 Å². The van der Waals surface area contributed by atoms with Crippen molar-refractivity contribution in [1.29, 1.82) is 0 Å². The molecule has 1 N–H and O–H groups in total. The first kappa shape index (κ1) is 18.4. The Morgan fingerprint density at radius 1 is 1.35 bits per heavy atom.